The molecule has 0 saturated carbocycles. The third-order valence-corrected chi connectivity index (χ3v) is 4.88. The van der Waals surface area contributed by atoms with Crippen LogP contribution in [0.2, 0.25) is 0 Å². The van der Waals surface area contributed by atoms with E-state index in [2.05, 4.69) is 46.4 Å². The Morgan fingerprint density at radius 3 is 2.52 bits per heavy atom. The van der Waals surface area contributed by atoms with E-state index >= 15 is 0 Å². The van der Waals surface area contributed by atoms with E-state index in [1.807, 2.05) is 42.7 Å². The van der Waals surface area contributed by atoms with Gasteiger partial charge in [-0.3, -0.25) is 4.98 Å². The fourth-order valence-corrected chi connectivity index (χ4v) is 3.80. The summed E-state index contributed by atoms with van der Waals surface area (Å²) in [5.74, 6) is 0. The average molecular weight is 360 g/mol. The highest BCUT2D eigenvalue weighted by Crippen LogP contribution is 2.43. The van der Waals surface area contributed by atoms with Gasteiger partial charge in [0.2, 0.25) is 0 Å². The topological polar surface area (TPSA) is 62.3 Å². The van der Waals surface area contributed by atoms with Gasteiger partial charge in [0.25, 0.3) is 0 Å². The first-order valence-corrected chi connectivity index (χ1v) is 9.15. The predicted molar refractivity (Wildman–Crippen MR) is 109 cm³/mol. The summed E-state index contributed by atoms with van der Waals surface area (Å²) >= 11 is 0. The molecule has 0 spiro atoms. The smallest absolute Gasteiger partial charge is 0.106 e. The molecule has 4 rings (SSSR count). The normalized spacial score (nSPS) is 16.8. The van der Waals surface area contributed by atoms with Crippen LogP contribution in [0.3, 0.4) is 0 Å². The van der Waals surface area contributed by atoms with E-state index in [0.717, 1.165) is 46.7 Å². The second kappa shape index (κ2) is 6.91. The number of hydrogen-bond donors (Lipinski definition) is 2. The van der Waals surface area contributed by atoms with Crippen molar-refractivity contribution in [3.8, 4) is 11.3 Å². The Kier molecular flexibility index (Phi) is 4.44. The minimum Gasteiger partial charge on any atom is -0.399 e. The van der Waals surface area contributed by atoms with Gasteiger partial charge in [0.1, 0.15) is 7.11 Å². The second-order valence-electron chi connectivity index (χ2n) is 7.69. The predicted octanol–water partition coefficient (Wildman–Crippen LogP) is 5.14. The molecule has 0 unspecified atom stereocenters. The molecule has 0 saturated heterocycles. The van der Waals surface area contributed by atoms with Crippen molar-refractivity contribution in [1.29, 1.82) is 0 Å². The Morgan fingerprint density at radius 1 is 1.07 bits per heavy atom. The standard InChI is InChI=1S/C22H24N4O/c1-22(2)13-17-19(18(14-22)26-27-3)21(24-16-7-5-4-6-8-16)20(25-17)15-9-11-23-12-10-15/h4-12,24-25H,13-14H2,1-3H3/b26-18-. The van der Waals surface area contributed by atoms with Gasteiger partial charge in [-0.15, -0.1) is 0 Å². The van der Waals surface area contributed by atoms with Gasteiger partial charge in [-0.25, -0.2) is 0 Å². The van der Waals surface area contributed by atoms with Crippen LogP contribution >= 0.6 is 0 Å². The maximum absolute atomic E-state index is 5.19. The number of H-pyrrole nitrogens is 1. The molecule has 0 amide bonds. The molecule has 1 aliphatic rings. The van der Waals surface area contributed by atoms with Crippen molar-refractivity contribution in [2.24, 2.45) is 10.6 Å². The molecule has 138 valence electrons. The Labute approximate surface area is 159 Å². The van der Waals surface area contributed by atoms with Crippen LogP contribution in [0.4, 0.5) is 11.4 Å². The average Bonchev–Trinajstić information content (AvgIpc) is 3.00. The molecular weight excluding hydrogens is 336 g/mol. The Bertz CT molecular complexity index is 959. The number of aromatic nitrogens is 2. The molecule has 5 nitrogen and oxygen atoms in total. The highest BCUT2D eigenvalue weighted by Gasteiger charge is 2.35. The van der Waals surface area contributed by atoms with Crippen molar-refractivity contribution in [3.05, 3.63) is 66.1 Å². The van der Waals surface area contributed by atoms with Crippen LogP contribution in [0.1, 0.15) is 31.5 Å². The lowest BCUT2D eigenvalue weighted by Gasteiger charge is -2.30. The number of nitrogens with zero attached hydrogens (tertiary/aromatic N) is 2. The second-order valence-corrected chi connectivity index (χ2v) is 7.69. The molecule has 2 heterocycles. The number of oxime groups is 1. The molecule has 0 bridgehead atoms. The van der Waals surface area contributed by atoms with Crippen molar-refractivity contribution in [2.45, 2.75) is 26.7 Å². The molecule has 27 heavy (non-hydrogen) atoms. The van der Waals surface area contributed by atoms with E-state index in [1.165, 1.54) is 5.69 Å². The van der Waals surface area contributed by atoms with E-state index in [-0.39, 0.29) is 5.41 Å². The molecule has 0 radical (unpaired) electrons. The van der Waals surface area contributed by atoms with Crippen LogP contribution in [0.5, 0.6) is 0 Å². The summed E-state index contributed by atoms with van der Waals surface area (Å²) in [4.78, 5) is 13.0. The number of rotatable bonds is 4. The Morgan fingerprint density at radius 2 is 1.81 bits per heavy atom. The van der Waals surface area contributed by atoms with Crippen molar-refractivity contribution in [1.82, 2.24) is 9.97 Å². The molecular formula is C22H24N4O. The number of pyridine rings is 1. The summed E-state index contributed by atoms with van der Waals surface area (Å²) in [6.45, 7) is 4.52. The molecule has 0 atom stereocenters. The lowest BCUT2D eigenvalue weighted by molar-refractivity contribution is 0.210. The molecule has 1 aromatic carbocycles. The molecule has 0 aliphatic heterocycles. The lowest BCUT2D eigenvalue weighted by atomic mass is 9.75. The van der Waals surface area contributed by atoms with Gasteiger partial charge in [0.05, 0.1) is 17.1 Å². The van der Waals surface area contributed by atoms with Crippen LogP contribution in [-0.4, -0.2) is 22.8 Å². The number of hydrogen-bond acceptors (Lipinski definition) is 4. The van der Waals surface area contributed by atoms with E-state index in [4.69, 9.17) is 4.84 Å². The van der Waals surface area contributed by atoms with Gasteiger partial charge in [0.15, 0.2) is 0 Å². The van der Waals surface area contributed by atoms with E-state index < -0.39 is 0 Å². The molecule has 5 heteroatoms. The van der Waals surface area contributed by atoms with Crippen LogP contribution in [0.15, 0.2) is 60.0 Å². The highest BCUT2D eigenvalue weighted by molar-refractivity contribution is 6.10. The minimum atomic E-state index is 0.120. The summed E-state index contributed by atoms with van der Waals surface area (Å²) in [7, 11) is 1.61. The third kappa shape index (κ3) is 3.45. The number of anilines is 2. The van der Waals surface area contributed by atoms with Gasteiger partial charge in [-0.2, -0.15) is 0 Å². The molecule has 3 aromatic rings. The first-order valence-electron chi connectivity index (χ1n) is 9.15. The number of nitrogens with one attached hydrogen (secondary N) is 2. The molecule has 1 aliphatic carbocycles. The monoisotopic (exact) mass is 360 g/mol. The van der Waals surface area contributed by atoms with Crippen LogP contribution in [0.25, 0.3) is 11.3 Å². The highest BCUT2D eigenvalue weighted by atomic mass is 16.6. The largest absolute Gasteiger partial charge is 0.399 e. The van der Waals surface area contributed by atoms with Crippen LogP contribution in [-0.2, 0) is 11.3 Å². The van der Waals surface area contributed by atoms with Crippen molar-refractivity contribution in [3.63, 3.8) is 0 Å². The van der Waals surface area contributed by atoms with E-state index in [0.29, 0.717) is 0 Å². The van der Waals surface area contributed by atoms with Crippen molar-refractivity contribution >= 4 is 17.1 Å². The fraction of sp³-hybridized carbons (Fsp3) is 0.273. The van der Waals surface area contributed by atoms with Crippen molar-refractivity contribution < 1.29 is 4.84 Å². The first-order chi connectivity index (χ1) is 13.1. The quantitative estimate of drug-likeness (QED) is 0.633. The summed E-state index contributed by atoms with van der Waals surface area (Å²) in [5, 5.41) is 7.98. The number of aromatic amines is 1. The van der Waals surface area contributed by atoms with Crippen LogP contribution < -0.4 is 5.32 Å². The van der Waals surface area contributed by atoms with E-state index in [9.17, 15) is 0 Å². The van der Waals surface area contributed by atoms with Gasteiger partial charge in [-0.05, 0) is 42.5 Å². The van der Waals surface area contributed by atoms with Gasteiger partial charge < -0.3 is 15.1 Å². The number of benzene rings is 1. The summed E-state index contributed by atoms with van der Waals surface area (Å²) in [5.41, 5.74) is 7.61. The van der Waals surface area contributed by atoms with Crippen LogP contribution in [0, 0.1) is 5.41 Å². The zero-order valence-electron chi connectivity index (χ0n) is 15.9. The molecule has 0 fully saturated rings. The molecule has 2 N–H and O–H groups in total. The Hall–Kier alpha value is -3.08. The summed E-state index contributed by atoms with van der Waals surface area (Å²) < 4.78 is 0. The van der Waals surface area contributed by atoms with Gasteiger partial charge in [0, 0.05) is 34.9 Å². The van der Waals surface area contributed by atoms with Gasteiger partial charge >= 0.3 is 0 Å². The maximum atomic E-state index is 5.19. The first kappa shape index (κ1) is 17.3. The maximum Gasteiger partial charge on any atom is 0.106 e. The number of fused-ring (bicyclic) bond motifs is 1. The van der Waals surface area contributed by atoms with E-state index in [1.54, 1.807) is 7.11 Å². The lowest BCUT2D eigenvalue weighted by Crippen LogP contribution is -2.27. The zero-order chi connectivity index (χ0) is 18.9. The van der Waals surface area contributed by atoms with Gasteiger partial charge in [-0.1, -0.05) is 37.2 Å². The summed E-state index contributed by atoms with van der Waals surface area (Å²) in [6.07, 6.45) is 5.45. The number of para-hydroxylation sites is 1. The molecule has 2 aromatic heterocycles. The third-order valence-electron chi connectivity index (χ3n) is 4.88. The Balaban J connectivity index is 1.91. The summed E-state index contributed by atoms with van der Waals surface area (Å²) in [6, 6.07) is 14.2. The minimum absolute atomic E-state index is 0.120. The van der Waals surface area contributed by atoms with Crippen molar-refractivity contribution in [2.75, 3.05) is 12.4 Å². The SMILES string of the molecule is CO/N=C1/CC(C)(C)Cc2[nH]c(-c3ccncc3)c(Nc3ccccc3)c21. The fourth-order valence-electron chi connectivity index (χ4n) is 3.80. The zero-order valence-corrected chi connectivity index (χ0v) is 15.9.